The first-order chi connectivity index (χ1) is 8.16. The minimum absolute atomic E-state index is 0.0888. The zero-order chi connectivity index (χ0) is 12.3. The number of oxazole rings is 1. The number of likely N-dealkylation sites (tertiary alicyclic amines) is 1. The number of rotatable bonds is 5. The van der Waals surface area contributed by atoms with Crippen LogP contribution in [0.1, 0.15) is 23.3 Å². The summed E-state index contributed by atoms with van der Waals surface area (Å²) in [6.07, 6.45) is 2.39. The summed E-state index contributed by atoms with van der Waals surface area (Å²) in [6, 6.07) is 0. The molecule has 0 saturated carbocycles. The predicted octanol–water partition coefficient (Wildman–Crippen LogP) is 0.374. The molecule has 7 heteroatoms. The van der Waals surface area contributed by atoms with Gasteiger partial charge in [-0.15, -0.1) is 0 Å². The van der Waals surface area contributed by atoms with E-state index in [0.29, 0.717) is 13.0 Å². The van der Waals surface area contributed by atoms with Gasteiger partial charge in [0, 0.05) is 13.0 Å². The Morgan fingerprint density at radius 2 is 2.47 bits per heavy atom. The average molecular weight is 240 g/mol. The molecule has 92 valence electrons. The molecular weight excluding hydrogens is 228 g/mol. The molecule has 1 aromatic heterocycles. The minimum atomic E-state index is -1.17. The van der Waals surface area contributed by atoms with Gasteiger partial charge in [-0.2, -0.15) is 4.98 Å². The number of carboxylic acids is 1. The van der Waals surface area contributed by atoms with E-state index in [9.17, 15) is 9.59 Å². The van der Waals surface area contributed by atoms with Crippen LogP contribution in [0.15, 0.2) is 10.7 Å². The largest absolute Gasteiger partial charge is 0.476 e. The highest BCUT2D eigenvalue weighted by Gasteiger charge is 2.20. The smallest absolute Gasteiger partial charge is 0.394 e. The number of ether oxygens (including phenoxy) is 1. The molecule has 1 amide bonds. The summed E-state index contributed by atoms with van der Waals surface area (Å²) < 4.78 is 9.91. The van der Waals surface area contributed by atoms with Gasteiger partial charge in [0.25, 0.3) is 0 Å². The van der Waals surface area contributed by atoms with Gasteiger partial charge in [-0.1, -0.05) is 0 Å². The Bertz CT molecular complexity index is 428. The third-order valence-corrected chi connectivity index (χ3v) is 2.46. The number of carbonyl (C=O) groups excluding carboxylic acids is 1. The summed E-state index contributed by atoms with van der Waals surface area (Å²) in [5.41, 5.74) is -0.197. The summed E-state index contributed by atoms with van der Waals surface area (Å²) >= 11 is 0. The summed E-state index contributed by atoms with van der Waals surface area (Å²) in [5, 5.41) is 8.60. The van der Waals surface area contributed by atoms with Gasteiger partial charge in [-0.05, 0) is 6.42 Å². The molecule has 7 nitrogen and oxygen atoms in total. The van der Waals surface area contributed by atoms with Crippen molar-refractivity contribution >= 4 is 11.9 Å². The van der Waals surface area contributed by atoms with Gasteiger partial charge in [0.1, 0.15) is 12.9 Å². The van der Waals surface area contributed by atoms with Crippen molar-refractivity contribution in [3.8, 4) is 6.08 Å². The molecule has 2 heterocycles. The molecule has 0 aliphatic carbocycles. The van der Waals surface area contributed by atoms with Gasteiger partial charge in [-0.3, -0.25) is 4.79 Å². The van der Waals surface area contributed by atoms with Crippen LogP contribution in [0.25, 0.3) is 0 Å². The lowest BCUT2D eigenvalue weighted by molar-refractivity contribution is -0.128. The van der Waals surface area contributed by atoms with Gasteiger partial charge < -0.3 is 19.2 Å². The van der Waals surface area contributed by atoms with Crippen molar-refractivity contribution in [3.05, 3.63) is 12.0 Å². The number of amides is 1. The predicted molar refractivity (Wildman–Crippen MR) is 54.8 cm³/mol. The van der Waals surface area contributed by atoms with E-state index in [-0.39, 0.29) is 24.3 Å². The number of carbonyl (C=O) groups is 2. The maximum Gasteiger partial charge on any atom is 0.394 e. The molecule has 1 fully saturated rings. The Morgan fingerprint density at radius 1 is 1.65 bits per heavy atom. The second kappa shape index (κ2) is 4.86. The normalized spacial score (nSPS) is 15.3. The molecule has 0 unspecified atom stereocenters. The second-order valence-corrected chi connectivity index (χ2v) is 3.64. The Morgan fingerprint density at radius 3 is 3.06 bits per heavy atom. The van der Waals surface area contributed by atoms with Crippen molar-refractivity contribution in [2.24, 2.45) is 0 Å². The van der Waals surface area contributed by atoms with Gasteiger partial charge >= 0.3 is 12.0 Å². The monoisotopic (exact) mass is 240 g/mol. The molecule has 2 rings (SSSR count). The topological polar surface area (TPSA) is 92.9 Å². The van der Waals surface area contributed by atoms with Gasteiger partial charge in [0.05, 0.1) is 6.54 Å². The molecule has 1 saturated heterocycles. The van der Waals surface area contributed by atoms with Crippen LogP contribution in [0.3, 0.4) is 0 Å². The van der Waals surface area contributed by atoms with Crippen LogP contribution in [0.5, 0.6) is 6.08 Å². The van der Waals surface area contributed by atoms with Gasteiger partial charge in [0.2, 0.25) is 5.91 Å². The zero-order valence-corrected chi connectivity index (χ0v) is 9.09. The minimum Gasteiger partial charge on any atom is -0.476 e. The van der Waals surface area contributed by atoms with E-state index < -0.39 is 5.97 Å². The molecule has 17 heavy (non-hydrogen) atoms. The number of carboxylic acid groups (broad SMARTS) is 1. The molecule has 0 bridgehead atoms. The molecule has 1 aromatic rings. The van der Waals surface area contributed by atoms with Crippen LogP contribution < -0.4 is 4.74 Å². The molecule has 1 N–H and O–H groups in total. The lowest BCUT2D eigenvalue weighted by Gasteiger charge is -2.14. The van der Waals surface area contributed by atoms with E-state index in [4.69, 9.17) is 14.3 Å². The maximum atomic E-state index is 11.3. The Labute approximate surface area is 97.0 Å². The second-order valence-electron chi connectivity index (χ2n) is 3.64. The van der Waals surface area contributed by atoms with E-state index in [1.807, 2.05) is 0 Å². The summed E-state index contributed by atoms with van der Waals surface area (Å²) in [7, 11) is 0. The van der Waals surface area contributed by atoms with Crippen molar-refractivity contribution in [1.82, 2.24) is 9.88 Å². The number of aromatic nitrogens is 1. The Balaban J connectivity index is 1.77. The Hall–Kier alpha value is -2.05. The van der Waals surface area contributed by atoms with Crippen molar-refractivity contribution in [3.63, 3.8) is 0 Å². The number of hydrogen-bond donors (Lipinski definition) is 1. The lowest BCUT2D eigenvalue weighted by Crippen LogP contribution is -2.29. The SMILES string of the molecule is O=C(O)c1coc(OCCN2CCCC2=O)n1. The molecule has 0 spiro atoms. The van der Waals surface area contributed by atoms with E-state index in [1.54, 1.807) is 4.90 Å². The maximum absolute atomic E-state index is 11.3. The third kappa shape index (κ3) is 2.74. The molecule has 0 atom stereocenters. The van der Waals surface area contributed by atoms with E-state index in [0.717, 1.165) is 19.2 Å². The quantitative estimate of drug-likeness (QED) is 0.799. The summed E-state index contributed by atoms with van der Waals surface area (Å²) in [6.45, 7) is 1.45. The van der Waals surface area contributed by atoms with Crippen LogP contribution in [0, 0.1) is 0 Å². The first-order valence-electron chi connectivity index (χ1n) is 5.26. The van der Waals surface area contributed by atoms with Crippen LogP contribution in [0.2, 0.25) is 0 Å². The Kier molecular flexibility index (Phi) is 3.27. The van der Waals surface area contributed by atoms with Crippen LogP contribution in [0.4, 0.5) is 0 Å². The highest BCUT2D eigenvalue weighted by molar-refractivity contribution is 5.84. The first-order valence-corrected chi connectivity index (χ1v) is 5.26. The highest BCUT2D eigenvalue weighted by Crippen LogP contribution is 2.11. The van der Waals surface area contributed by atoms with Crippen molar-refractivity contribution in [1.29, 1.82) is 0 Å². The van der Waals surface area contributed by atoms with E-state index >= 15 is 0 Å². The summed E-state index contributed by atoms with van der Waals surface area (Å²) in [4.78, 5) is 27.1. The fraction of sp³-hybridized carbons (Fsp3) is 0.500. The summed E-state index contributed by atoms with van der Waals surface area (Å²) in [5.74, 6) is -1.05. The molecule has 0 aromatic carbocycles. The van der Waals surface area contributed by atoms with Crippen molar-refractivity contribution in [2.45, 2.75) is 12.8 Å². The fourth-order valence-electron chi connectivity index (χ4n) is 1.61. The lowest BCUT2D eigenvalue weighted by atomic mass is 10.4. The third-order valence-electron chi connectivity index (χ3n) is 2.46. The van der Waals surface area contributed by atoms with E-state index in [2.05, 4.69) is 4.98 Å². The number of aromatic carboxylic acids is 1. The van der Waals surface area contributed by atoms with Crippen molar-refractivity contribution < 1.29 is 23.8 Å². The highest BCUT2D eigenvalue weighted by atomic mass is 16.6. The number of nitrogens with zero attached hydrogens (tertiary/aromatic N) is 2. The zero-order valence-electron chi connectivity index (χ0n) is 9.09. The average Bonchev–Trinajstić information content (AvgIpc) is 2.89. The first kappa shape index (κ1) is 11.4. The molecule has 1 aliphatic rings. The van der Waals surface area contributed by atoms with E-state index in [1.165, 1.54) is 0 Å². The number of hydrogen-bond acceptors (Lipinski definition) is 5. The van der Waals surface area contributed by atoms with Crippen LogP contribution in [-0.4, -0.2) is 46.6 Å². The van der Waals surface area contributed by atoms with Crippen LogP contribution in [-0.2, 0) is 4.79 Å². The fourth-order valence-corrected chi connectivity index (χ4v) is 1.61. The van der Waals surface area contributed by atoms with Gasteiger partial charge in [0.15, 0.2) is 5.69 Å². The standard InChI is InChI=1S/C10H12N2O5/c13-8-2-1-3-12(8)4-5-16-10-11-7(6-17-10)9(14)15/h6H,1-5H2,(H,14,15). The molecule has 0 radical (unpaired) electrons. The van der Waals surface area contributed by atoms with Crippen LogP contribution >= 0.6 is 0 Å². The molecular formula is C10H12N2O5. The molecule has 1 aliphatic heterocycles. The van der Waals surface area contributed by atoms with Gasteiger partial charge in [-0.25, -0.2) is 4.79 Å². The van der Waals surface area contributed by atoms with Crippen molar-refractivity contribution in [2.75, 3.05) is 19.7 Å².